The van der Waals surface area contributed by atoms with E-state index in [1.165, 1.54) is 4.88 Å². The van der Waals surface area contributed by atoms with Crippen LogP contribution in [-0.2, 0) is 0 Å². The lowest BCUT2D eigenvalue weighted by Gasteiger charge is -1.71. The van der Waals surface area contributed by atoms with Crippen LogP contribution in [0.5, 0.6) is 0 Å². The number of thiazole rings is 2. The molecule has 0 aliphatic rings. The van der Waals surface area contributed by atoms with Crippen molar-refractivity contribution in [1.29, 1.82) is 0 Å². The van der Waals surface area contributed by atoms with E-state index in [9.17, 15) is 0 Å². The van der Waals surface area contributed by atoms with Crippen molar-refractivity contribution in [2.24, 2.45) is 0 Å². The van der Waals surface area contributed by atoms with E-state index < -0.39 is 0 Å². The minimum Gasteiger partial charge on any atom is -0.250 e. The molecule has 0 amide bonds. The summed E-state index contributed by atoms with van der Waals surface area (Å²) in [5.74, 6) is 0. The summed E-state index contributed by atoms with van der Waals surface area (Å²) in [6.07, 6.45) is 1.89. The van der Waals surface area contributed by atoms with E-state index in [1.54, 1.807) is 34.0 Å². The van der Waals surface area contributed by atoms with Crippen LogP contribution in [0.3, 0.4) is 0 Å². The fourth-order valence-corrected chi connectivity index (χ4v) is 3.19. The van der Waals surface area contributed by atoms with Crippen molar-refractivity contribution in [2.75, 3.05) is 0 Å². The highest BCUT2D eigenvalue weighted by Gasteiger charge is 1.88. The molecule has 3 aromatic heterocycles. The van der Waals surface area contributed by atoms with E-state index in [2.05, 4.69) is 32.5 Å². The van der Waals surface area contributed by atoms with Gasteiger partial charge in [0.15, 0.2) is 0 Å². The van der Waals surface area contributed by atoms with Gasteiger partial charge in [-0.05, 0) is 41.5 Å². The Balaban J connectivity index is 0.000000157. The zero-order valence-corrected chi connectivity index (χ0v) is 15.6. The zero-order chi connectivity index (χ0) is 15.8. The van der Waals surface area contributed by atoms with Gasteiger partial charge in [0.1, 0.15) is 10.0 Å². The summed E-state index contributed by atoms with van der Waals surface area (Å²) in [6, 6.07) is 0. The maximum atomic E-state index is 4.13. The molecule has 3 heterocycles. The van der Waals surface area contributed by atoms with Crippen LogP contribution in [0.4, 0.5) is 0 Å². The second-order valence-corrected chi connectivity index (χ2v) is 8.22. The Labute approximate surface area is 138 Å². The second-order valence-electron chi connectivity index (χ2n) is 4.34. The topological polar surface area (TPSA) is 51.6 Å². The van der Waals surface area contributed by atoms with E-state index >= 15 is 0 Å². The molecule has 0 aromatic carbocycles. The molecule has 114 valence electrons. The predicted molar refractivity (Wildman–Crippen MR) is 92.6 cm³/mol. The van der Waals surface area contributed by atoms with Crippen LogP contribution in [0.2, 0.25) is 0 Å². The molecule has 0 spiro atoms. The SMILES string of the molecule is Cc1cnc(C)s1.Cc1csc(C)n1.Cc1nnc(C)s1. The summed E-state index contributed by atoms with van der Waals surface area (Å²) >= 11 is 5.05. The van der Waals surface area contributed by atoms with Gasteiger partial charge in [0.25, 0.3) is 0 Å². The van der Waals surface area contributed by atoms with Crippen molar-refractivity contribution in [1.82, 2.24) is 20.2 Å². The minimum atomic E-state index is 1.04. The molecule has 0 N–H and O–H groups in total. The average Bonchev–Trinajstić information content (AvgIpc) is 3.06. The van der Waals surface area contributed by atoms with Gasteiger partial charge in [0.05, 0.1) is 10.0 Å². The van der Waals surface area contributed by atoms with Gasteiger partial charge < -0.3 is 0 Å². The normalized spacial score (nSPS) is 9.43. The highest BCUT2D eigenvalue weighted by atomic mass is 32.1. The summed E-state index contributed by atoms with van der Waals surface area (Å²) in [7, 11) is 0. The van der Waals surface area contributed by atoms with Crippen LogP contribution in [-0.4, -0.2) is 20.2 Å². The van der Waals surface area contributed by atoms with Crippen molar-refractivity contribution in [3.63, 3.8) is 0 Å². The van der Waals surface area contributed by atoms with Crippen molar-refractivity contribution < 1.29 is 0 Å². The first-order valence-electron chi connectivity index (χ1n) is 6.41. The van der Waals surface area contributed by atoms with Gasteiger partial charge in [0.2, 0.25) is 0 Å². The van der Waals surface area contributed by atoms with E-state index in [-0.39, 0.29) is 0 Å². The molecule has 0 fully saturated rings. The molecule has 0 saturated carbocycles. The third-order valence-electron chi connectivity index (χ3n) is 2.10. The van der Waals surface area contributed by atoms with Crippen LogP contribution >= 0.6 is 34.0 Å². The summed E-state index contributed by atoms with van der Waals surface area (Å²) in [4.78, 5) is 9.45. The Morgan fingerprint density at radius 1 is 0.762 bits per heavy atom. The standard InChI is InChI=1S/2C5H7NS.C4H6N2S/c1-4-3-7-5(2)6-4;1-4-3-6-5(2)7-4;1-3-5-6-4(2)7-3/h2*3H,1-2H3;1-2H3. The molecule has 3 rings (SSSR count). The van der Waals surface area contributed by atoms with Crippen LogP contribution in [0.1, 0.15) is 30.6 Å². The van der Waals surface area contributed by atoms with E-state index in [4.69, 9.17) is 0 Å². The Hall–Kier alpha value is -1.18. The van der Waals surface area contributed by atoms with Gasteiger partial charge in [-0.3, -0.25) is 0 Å². The lowest BCUT2D eigenvalue weighted by atomic mass is 10.6. The Morgan fingerprint density at radius 2 is 1.38 bits per heavy atom. The van der Waals surface area contributed by atoms with E-state index in [0.29, 0.717) is 0 Å². The molecule has 4 nitrogen and oxygen atoms in total. The van der Waals surface area contributed by atoms with Crippen LogP contribution in [0, 0.1) is 41.5 Å². The Bertz CT molecular complexity index is 514. The summed E-state index contributed by atoms with van der Waals surface area (Å²) < 4.78 is 0. The van der Waals surface area contributed by atoms with Gasteiger partial charge in [-0.25, -0.2) is 9.97 Å². The van der Waals surface area contributed by atoms with Crippen molar-refractivity contribution in [3.05, 3.63) is 42.2 Å². The third-order valence-corrected chi connectivity index (χ3v) is 4.57. The van der Waals surface area contributed by atoms with Gasteiger partial charge in [-0.1, -0.05) is 0 Å². The lowest BCUT2D eigenvalue weighted by Crippen LogP contribution is -1.68. The lowest BCUT2D eigenvalue weighted by molar-refractivity contribution is 1.02. The molecule has 21 heavy (non-hydrogen) atoms. The molecular formula is C14H20N4S3. The molecule has 0 aliphatic heterocycles. The molecular weight excluding hydrogens is 320 g/mol. The number of nitrogens with zero attached hydrogens (tertiary/aromatic N) is 4. The summed E-state index contributed by atoms with van der Waals surface area (Å²) in [5, 5.41) is 14.0. The van der Waals surface area contributed by atoms with Gasteiger partial charge in [0, 0.05) is 22.1 Å². The minimum absolute atomic E-state index is 1.04. The largest absolute Gasteiger partial charge is 0.250 e. The van der Waals surface area contributed by atoms with Crippen LogP contribution in [0.25, 0.3) is 0 Å². The van der Waals surface area contributed by atoms with E-state index in [0.717, 1.165) is 25.7 Å². The Morgan fingerprint density at radius 3 is 1.52 bits per heavy atom. The second kappa shape index (κ2) is 8.96. The predicted octanol–water partition coefficient (Wildman–Crippen LogP) is 4.67. The molecule has 0 unspecified atom stereocenters. The molecule has 7 heteroatoms. The fourth-order valence-electron chi connectivity index (χ4n) is 1.33. The number of aryl methyl sites for hydroxylation is 6. The number of aromatic nitrogens is 4. The molecule has 0 atom stereocenters. The quantitative estimate of drug-likeness (QED) is 0.596. The summed E-state index contributed by atoms with van der Waals surface area (Å²) in [5.41, 5.74) is 1.13. The highest BCUT2D eigenvalue weighted by Crippen LogP contribution is 2.08. The first-order valence-corrected chi connectivity index (χ1v) is 8.92. The maximum Gasteiger partial charge on any atom is 0.114 e. The maximum absolute atomic E-state index is 4.13. The average molecular weight is 341 g/mol. The van der Waals surface area contributed by atoms with Gasteiger partial charge in [-0.2, -0.15) is 0 Å². The number of hydrogen-bond donors (Lipinski definition) is 0. The smallest absolute Gasteiger partial charge is 0.114 e. The summed E-state index contributed by atoms with van der Waals surface area (Å²) in [6.45, 7) is 12.0. The van der Waals surface area contributed by atoms with Crippen molar-refractivity contribution in [3.8, 4) is 0 Å². The van der Waals surface area contributed by atoms with Crippen molar-refractivity contribution in [2.45, 2.75) is 41.5 Å². The van der Waals surface area contributed by atoms with E-state index in [1.807, 2.05) is 40.8 Å². The van der Waals surface area contributed by atoms with Crippen LogP contribution in [0.15, 0.2) is 11.6 Å². The molecule has 0 radical (unpaired) electrons. The number of rotatable bonds is 0. The molecule has 0 aliphatic carbocycles. The molecule has 0 saturated heterocycles. The Kier molecular flexibility index (Phi) is 7.63. The number of hydrogen-bond acceptors (Lipinski definition) is 7. The zero-order valence-electron chi connectivity index (χ0n) is 13.2. The molecule has 0 bridgehead atoms. The van der Waals surface area contributed by atoms with Crippen LogP contribution < -0.4 is 0 Å². The fraction of sp³-hybridized carbons (Fsp3) is 0.429. The molecule has 3 aromatic rings. The highest BCUT2D eigenvalue weighted by molar-refractivity contribution is 7.11. The monoisotopic (exact) mass is 340 g/mol. The first kappa shape index (κ1) is 17.9. The van der Waals surface area contributed by atoms with Gasteiger partial charge in [-0.15, -0.1) is 44.2 Å². The third kappa shape index (κ3) is 7.99. The van der Waals surface area contributed by atoms with Crippen molar-refractivity contribution >= 4 is 34.0 Å². The van der Waals surface area contributed by atoms with Gasteiger partial charge >= 0.3 is 0 Å². The first-order chi connectivity index (χ1) is 9.86.